The predicted molar refractivity (Wildman–Crippen MR) is 102 cm³/mol. The quantitative estimate of drug-likeness (QED) is 0.556. The molecule has 0 saturated heterocycles. The average molecular weight is 354 g/mol. The third-order valence-electron chi connectivity index (χ3n) is 4.03. The standard InChI is InChI=1S/C19H26N6O/c1-13-6-7-25-12-14(24-16(25)8-13)9-22-18(20-5)23-11-17-21-10-15(26-17)19(2,3)4/h6-8,10,12H,9,11H2,1-5H3,(H2,20,22,23). The Kier molecular flexibility index (Phi) is 4.97. The SMILES string of the molecule is CN=C(NCc1cn2ccc(C)cc2n1)NCc1ncc(C(C)(C)C)o1. The molecule has 0 saturated carbocycles. The first-order chi connectivity index (χ1) is 12.3. The molecule has 0 unspecified atom stereocenters. The summed E-state index contributed by atoms with van der Waals surface area (Å²) < 4.78 is 7.80. The number of oxazole rings is 1. The van der Waals surface area contributed by atoms with Crippen LogP contribution in [0.5, 0.6) is 0 Å². The lowest BCUT2D eigenvalue weighted by Gasteiger charge is -2.13. The van der Waals surface area contributed by atoms with Crippen molar-refractivity contribution in [3.8, 4) is 0 Å². The Morgan fingerprint density at radius 1 is 1.27 bits per heavy atom. The van der Waals surface area contributed by atoms with E-state index in [1.807, 2.05) is 16.8 Å². The Labute approximate surface area is 153 Å². The van der Waals surface area contributed by atoms with E-state index in [1.165, 1.54) is 5.56 Å². The van der Waals surface area contributed by atoms with Gasteiger partial charge in [-0.3, -0.25) is 4.99 Å². The van der Waals surface area contributed by atoms with Gasteiger partial charge in [-0.05, 0) is 24.6 Å². The highest BCUT2D eigenvalue weighted by Crippen LogP contribution is 2.22. The van der Waals surface area contributed by atoms with E-state index in [0.29, 0.717) is 24.9 Å². The maximum absolute atomic E-state index is 5.78. The van der Waals surface area contributed by atoms with Crippen LogP contribution in [0.1, 0.15) is 43.7 Å². The van der Waals surface area contributed by atoms with Crippen LogP contribution in [0, 0.1) is 6.92 Å². The van der Waals surface area contributed by atoms with E-state index >= 15 is 0 Å². The van der Waals surface area contributed by atoms with Gasteiger partial charge in [-0.25, -0.2) is 9.97 Å². The van der Waals surface area contributed by atoms with E-state index in [1.54, 1.807) is 13.2 Å². The topological polar surface area (TPSA) is 79.8 Å². The van der Waals surface area contributed by atoms with Crippen molar-refractivity contribution in [1.82, 2.24) is 25.0 Å². The Balaban J connectivity index is 1.56. The molecule has 3 rings (SSSR count). The summed E-state index contributed by atoms with van der Waals surface area (Å²) in [5.74, 6) is 2.19. The van der Waals surface area contributed by atoms with Crippen molar-refractivity contribution >= 4 is 11.6 Å². The molecule has 7 heteroatoms. The number of rotatable bonds is 4. The maximum Gasteiger partial charge on any atom is 0.213 e. The van der Waals surface area contributed by atoms with E-state index in [9.17, 15) is 0 Å². The average Bonchev–Trinajstić information content (AvgIpc) is 3.20. The van der Waals surface area contributed by atoms with Gasteiger partial charge in [0.25, 0.3) is 0 Å². The molecule has 0 aliphatic carbocycles. The van der Waals surface area contributed by atoms with Crippen molar-refractivity contribution in [2.24, 2.45) is 4.99 Å². The summed E-state index contributed by atoms with van der Waals surface area (Å²) in [4.78, 5) is 13.2. The van der Waals surface area contributed by atoms with Gasteiger partial charge >= 0.3 is 0 Å². The molecule has 0 bridgehead atoms. The van der Waals surface area contributed by atoms with Crippen molar-refractivity contribution in [3.05, 3.63) is 53.6 Å². The highest BCUT2D eigenvalue weighted by atomic mass is 16.4. The van der Waals surface area contributed by atoms with Crippen molar-refractivity contribution < 1.29 is 4.42 Å². The van der Waals surface area contributed by atoms with Crippen molar-refractivity contribution in [2.45, 2.75) is 46.2 Å². The number of aliphatic imine (C=N–C) groups is 1. The van der Waals surface area contributed by atoms with Gasteiger partial charge in [-0.15, -0.1) is 0 Å². The molecule has 3 aromatic rings. The van der Waals surface area contributed by atoms with Crippen LogP contribution in [0.15, 0.2) is 40.1 Å². The number of aryl methyl sites for hydroxylation is 1. The molecule has 2 N–H and O–H groups in total. The van der Waals surface area contributed by atoms with Crippen LogP contribution in [0.25, 0.3) is 5.65 Å². The first-order valence-corrected chi connectivity index (χ1v) is 8.69. The maximum atomic E-state index is 5.78. The lowest BCUT2D eigenvalue weighted by molar-refractivity contribution is 0.379. The third-order valence-corrected chi connectivity index (χ3v) is 4.03. The summed E-state index contributed by atoms with van der Waals surface area (Å²) >= 11 is 0. The summed E-state index contributed by atoms with van der Waals surface area (Å²) in [5, 5.41) is 6.47. The molecule has 7 nitrogen and oxygen atoms in total. The highest BCUT2D eigenvalue weighted by Gasteiger charge is 2.19. The normalized spacial score (nSPS) is 12.6. The summed E-state index contributed by atoms with van der Waals surface area (Å²) in [5.41, 5.74) is 3.04. The van der Waals surface area contributed by atoms with Crippen LogP contribution in [0.4, 0.5) is 0 Å². The first kappa shape index (κ1) is 18.0. The number of nitrogens with zero attached hydrogens (tertiary/aromatic N) is 4. The predicted octanol–water partition coefficient (Wildman–Crippen LogP) is 2.79. The monoisotopic (exact) mass is 354 g/mol. The number of aromatic nitrogens is 3. The van der Waals surface area contributed by atoms with E-state index < -0.39 is 0 Å². The number of guanidine groups is 1. The molecule has 3 aromatic heterocycles. The summed E-state index contributed by atoms with van der Waals surface area (Å²) in [7, 11) is 1.73. The van der Waals surface area contributed by atoms with Gasteiger partial charge in [0.2, 0.25) is 5.89 Å². The minimum Gasteiger partial charge on any atom is -0.443 e. The summed E-state index contributed by atoms with van der Waals surface area (Å²) in [6.45, 7) is 9.41. The van der Waals surface area contributed by atoms with Crippen molar-refractivity contribution in [3.63, 3.8) is 0 Å². The van der Waals surface area contributed by atoms with Gasteiger partial charge in [0, 0.05) is 24.9 Å². The van der Waals surface area contributed by atoms with E-state index in [4.69, 9.17) is 4.42 Å². The van der Waals surface area contributed by atoms with Crippen molar-refractivity contribution in [2.75, 3.05) is 7.05 Å². The highest BCUT2D eigenvalue weighted by molar-refractivity contribution is 5.79. The third kappa shape index (κ3) is 4.22. The van der Waals surface area contributed by atoms with Crippen LogP contribution in [0.3, 0.4) is 0 Å². The Hall–Kier alpha value is -2.83. The van der Waals surface area contributed by atoms with Gasteiger partial charge in [-0.1, -0.05) is 20.8 Å². The first-order valence-electron chi connectivity index (χ1n) is 8.69. The van der Waals surface area contributed by atoms with Gasteiger partial charge in [0.15, 0.2) is 5.96 Å². The zero-order valence-corrected chi connectivity index (χ0v) is 16.0. The van der Waals surface area contributed by atoms with Crippen LogP contribution < -0.4 is 10.6 Å². The number of pyridine rings is 1. The van der Waals surface area contributed by atoms with Gasteiger partial charge in [0.1, 0.15) is 11.4 Å². The lowest BCUT2D eigenvalue weighted by atomic mass is 9.94. The number of fused-ring (bicyclic) bond motifs is 1. The second-order valence-corrected chi connectivity index (χ2v) is 7.35. The fraction of sp³-hybridized carbons (Fsp3) is 0.421. The number of hydrogen-bond donors (Lipinski definition) is 2. The zero-order chi connectivity index (χ0) is 18.7. The molecular formula is C19H26N6O. The molecule has 26 heavy (non-hydrogen) atoms. The number of imidazole rings is 1. The molecule has 3 heterocycles. The minimum absolute atomic E-state index is 0.0490. The molecular weight excluding hydrogens is 328 g/mol. The van der Waals surface area contributed by atoms with Gasteiger partial charge in [-0.2, -0.15) is 0 Å². The van der Waals surface area contributed by atoms with Crippen LogP contribution in [0.2, 0.25) is 0 Å². The Morgan fingerprint density at radius 3 is 2.73 bits per heavy atom. The minimum atomic E-state index is -0.0490. The second kappa shape index (κ2) is 7.19. The number of nitrogens with one attached hydrogen (secondary N) is 2. The Morgan fingerprint density at radius 2 is 2.04 bits per heavy atom. The van der Waals surface area contributed by atoms with E-state index in [2.05, 4.69) is 65.4 Å². The second-order valence-electron chi connectivity index (χ2n) is 7.35. The van der Waals surface area contributed by atoms with Crippen LogP contribution in [-0.2, 0) is 18.5 Å². The molecule has 0 radical (unpaired) electrons. The summed E-state index contributed by atoms with van der Waals surface area (Å²) in [6.07, 6.45) is 5.81. The van der Waals surface area contributed by atoms with Crippen molar-refractivity contribution in [1.29, 1.82) is 0 Å². The van der Waals surface area contributed by atoms with Crippen LogP contribution >= 0.6 is 0 Å². The molecule has 0 atom stereocenters. The Bertz CT molecular complexity index is 916. The number of hydrogen-bond acceptors (Lipinski definition) is 4. The molecule has 0 aliphatic heterocycles. The molecule has 0 aromatic carbocycles. The molecule has 138 valence electrons. The fourth-order valence-electron chi connectivity index (χ4n) is 2.51. The largest absolute Gasteiger partial charge is 0.443 e. The van der Waals surface area contributed by atoms with Gasteiger partial charge in [0.05, 0.1) is 25.0 Å². The fourth-order valence-corrected chi connectivity index (χ4v) is 2.51. The lowest BCUT2D eigenvalue weighted by Crippen LogP contribution is -2.36. The van der Waals surface area contributed by atoms with E-state index in [-0.39, 0.29) is 5.41 Å². The molecule has 0 aliphatic rings. The molecule has 0 spiro atoms. The molecule has 0 fully saturated rings. The summed E-state index contributed by atoms with van der Waals surface area (Å²) in [6, 6.07) is 4.13. The smallest absolute Gasteiger partial charge is 0.213 e. The van der Waals surface area contributed by atoms with E-state index in [0.717, 1.165) is 17.1 Å². The molecule has 0 amide bonds. The van der Waals surface area contributed by atoms with Gasteiger partial charge < -0.3 is 19.5 Å². The zero-order valence-electron chi connectivity index (χ0n) is 16.0. The van der Waals surface area contributed by atoms with Crippen LogP contribution in [-0.4, -0.2) is 27.4 Å².